The van der Waals surface area contributed by atoms with Crippen LogP contribution in [0.1, 0.15) is 127 Å². The summed E-state index contributed by atoms with van der Waals surface area (Å²) in [5.41, 5.74) is 1.01. The quantitative estimate of drug-likeness (QED) is 0.263. The normalized spacial score (nSPS) is 55.6. The molecular formula is C32H52O5. The molecule has 0 unspecified atom stereocenters. The van der Waals surface area contributed by atoms with Crippen LogP contribution in [0.4, 0.5) is 0 Å². The minimum atomic E-state index is -0.889. The van der Waals surface area contributed by atoms with Gasteiger partial charge in [-0.3, -0.25) is 4.79 Å². The highest BCUT2D eigenvalue weighted by Crippen LogP contribution is 2.78. The van der Waals surface area contributed by atoms with Crippen LogP contribution >= 0.6 is 0 Å². The molecule has 10 atom stereocenters. The summed E-state index contributed by atoms with van der Waals surface area (Å²) >= 11 is 0. The Labute approximate surface area is 225 Å². The van der Waals surface area contributed by atoms with Gasteiger partial charge in [-0.2, -0.15) is 4.89 Å². The van der Waals surface area contributed by atoms with E-state index in [1.165, 1.54) is 51.9 Å². The van der Waals surface area contributed by atoms with Gasteiger partial charge in [-0.25, -0.2) is 4.89 Å². The first kappa shape index (κ1) is 26.6. The predicted molar refractivity (Wildman–Crippen MR) is 142 cm³/mol. The number of hydrogen-bond acceptors (Lipinski definition) is 5. The van der Waals surface area contributed by atoms with Gasteiger partial charge in [0.25, 0.3) is 0 Å². The Kier molecular flexibility index (Phi) is 5.57. The number of esters is 1. The predicted octanol–water partition coefficient (Wildman–Crippen LogP) is 7.81. The Bertz CT molecular complexity index is 974. The zero-order valence-electron chi connectivity index (χ0n) is 25.0. The second-order valence-corrected chi connectivity index (χ2v) is 16.5. The van der Waals surface area contributed by atoms with Gasteiger partial charge in [0.15, 0.2) is 6.29 Å². The van der Waals surface area contributed by atoms with Crippen molar-refractivity contribution in [2.75, 3.05) is 0 Å². The molecule has 1 spiro atoms. The van der Waals surface area contributed by atoms with Gasteiger partial charge in [0, 0.05) is 19.3 Å². The second-order valence-electron chi connectivity index (χ2n) is 16.5. The smallest absolute Gasteiger partial charge is 0.302 e. The average molecular weight is 517 g/mol. The summed E-state index contributed by atoms with van der Waals surface area (Å²) in [4.78, 5) is 24.4. The monoisotopic (exact) mass is 516 g/mol. The Morgan fingerprint density at radius 3 is 2.14 bits per heavy atom. The van der Waals surface area contributed by atoms with Crippen molar-refractivity contribution in [1.82, 2.24) is 0 Å². The highest BCUT2D eigenvalue weighted by molar-refractivity contribution is 5.66. The van der Waals surface area contributed by atoms with Crippen molar-refractivity contribution in [3.05, 3.63) is 0 Å². The minimum Gasteiger partial charge on any atom is -0.462 e. The van der Waals surface area contributed by atoms with Gasteiger partial charge < -0.3 is 9.47 Å². The van der Waals surface area contributed by atoms with Crippen molar-refractivity contribution in [1.29, 1.82) is 0 Å². The summed E-state index contributed by atoms with van der Waals surface area (Å²) in [5, 5.41) is 0. The lowest BCUT2D eigenvalue weighted by Crippen LogP contribution is -2.69. The first-order valence-electron chi connectivity index (χ1n) is 15.2. The summed E-state index contributed by atoms with van der Waals surface area (Å²) in [6.45, 7) is 21.3. The van der Waals surface area contributed by atoms with Crippen molar-refractivity contribution < 1.29 is 24.0 Å². The van der Waals surface area contributed by atoms with E-state index in [1.807, 2.05) is 0 Å². The van der Waals surface area contributed by atoms with Crippen LogP contribution in [-0.2, 0) is 24.0 Å². The van der Waals surface area contributed by atoms with Crippen LogP contribution in [0.2, 0.25) is 0 Å². The number of carbonyl (C=O) groups is 1. The van der Waals surface area contributed by atoms with Gasteiger partial charge in [0.2, 0.25) is 5.79 Å². The largest absolute Gasteiger partial charge is 0.462 e. The molecule has 2 saturated heterocycles. The van der Waals surface area contributed by atoms with Gasteiger partial charge in [-0.1, -0.05) is 55.4 Å². The summed E-state index contributed by atoms with van der Waals surface area (Å²) < 4.78 is 12.7. The van der Waals surface area contributed by atoms with Crippen LogP contribution in [0.15, 0.2) is 0 Å². The molecule has 2 bridgehead atoms. The lowest BCUT2D eigenvalue weighted by molar-refractivity contribution is -0.413. The third-order valence-electron chi connectivity index (χ3n) is 14.0. The molecule has 2 heterocycles. The SMILES string of the molecule is CC(=O)O[C@H]1CC[C@H]2[C@]3(C)CC[C@@]4(C)[C@@H]5CC(C)(C)CC[C@]5(C)CC[C@]4(C)[C@H]3C[C@@H]3OO[C@]2(O3)C1(C)C. The van der Waals surface area contributed by atoms with E-state index in [2.05, 4.69) is 55.4 Å². The number of ether oxygens (including phenoxy) is 2. The Balaban J connectivity index is 1.42. The third kappa shape index (κ3) is 3.29. The zero-order valence-corrected chi connectivity index (χ0v) is 25.0. The molecule has 6 aliphatic rings. The van der Waals surface area contributed by atoms with Crippen molar-refractivity contribution in [2.45, 2.75) is 145 Å². The molecule has 5 nitrogen and oxygen atoms in total. The maximum absolute atomic E-state index is 12.0. The van der Waals surface area contributed by atoms with E-state index < -0.39 is 11.2 Å². The molecular weight excluding hydrogens is 464 g/mol. The van der Waals surface area contributed by atoms with Crippen LogP contribution in [0, 0.1) is 50.2 Å². The molecule has 0 aromatic heterocycles. The molecule has 0 aromatic rings. The van der Waals surface area contributed by atoms with Crippen molar-refractivity contribution >= 4 is 5.97 Å². The van der Waals surface area contributed by atoms with Crippen molar-refractivity contribution in [3.8, 4) is 0 Å². The first-order valence-corrected chi connectivity index (χ1v) is 15.2. The van der Waals surface area contributed by atoms with Gasteiger partial charge in [-0.15, -0.1) is 0 Å². The molecule has 4 saturated carbocycles. The van der Waals surface area contributed by atoms with E-state index in [0.29, 0.717) is 22.2 Å². The van der Waals surface area contributed by atoms with Crippen molar-refractivity contribution in [2.24, 2.45) is 50.2 Å². The molecule has 4 aliphatic carbocycles. The highest BCUT2D eigenvalue weighted by atomic mass is 17.3. The fraction of sp³-hybridized carbons (Fsp3) is 0.969. The lowest BCUT2D eigenvalue weighted by Gasteiger charge is -2.72. The Hall–Kier alpha value is -0.650. The lowest BCUT2D eigenvalue weighted by atomic mass is 9.32. The van der Waals surface area contributed by atoms with Crippen LogP contribution in [-0.4, -0.2) is 24.2 Å². The molecule has 0 amide bonds. The van der Waals surface area contributed by atoms with Gasteiger partial charge >= 0.3 is 5.97 Å². The Morgan fingerprint density at radius 1 is 0.784 bits per heavy atom. The van der Waals surface area contributed by atoms with Crippen molar-refractivity contribution in [3.63, 3.8) is 0 Å². The van der Waals surface area contributed by atoms with Crippen LogP contribution < -0.4 is 0 Å². The molecule has 2 aliphatic heterocycles. The third-order valence-corrected chi connectivity index (χ3v) is 14.0. The van der Waals surface area contributed by atoms with Gasteiger partial charge in [0.1, 0.15) is 6.10 Å². The summed E-state index contributed by atoms with van der Waals surface area (Å²) in [6.07, 6.45) is 11.3. The van der Waals surface area contributed by atoms with Crippen LogP contribution in [0.25, 0.3) is 0 Å². The van der Waals surface area contributed by atoms with E-state index in [4.69, 9.17) is 19.2 Å². The van der Waals surface area contributed by atoms with E-state index in [1.54, 1.807) is 0 Å². The standard InChI is InChI=1S/C32H52O5/c1-20(33)34-24-11-10-21-29(7)15-17-31(9)23-19-26(2,3)12-13-28(23,6)14-16-30(31,8)22(29)18-25-35-32(21,37-36-25)27(24,4)5/h21-25H,10-19H2,1-9H3/t21-,22-,23+,24-,25-,28+,29-,30+,31-,32-/m0/s1. The second kappa shape index (κ2) is 7.75. The molecule has 0 N–H and O–H groups in total. The topological polar surface area (TPSA) is 54.0 Å². The fourth-order valence-corrected chi connectivity index (χ4v) is 11.4. The highest BCUT2D eigenvalue weighted by Gasteiger charge is 2.76. The van der Waals surface area contributed by atoms with Crippen LogP contribution in [0.5, 0.6) is 0 Å². The number of fused-ring (bicyclic) bond motifs is 7. The fourth-order valence-electron chi connectivity index (χ4n) is 11.4. The van der Waals surface area contributed by atoms with E-state index in [9.17, 15) is 4.79 Å². The molecule has 37 heavy (non-hydrogen) atoms. The molecule has 0 radical (unpaired) electrons. The minimum absolute atomic E-state index is 0.0865. The zero-order chi connectivity index (χ0) is 26.9. The number of carbonyl (C=O) groups excluding carboxylic acids is 1. The molecule has 0 aromatic carbocycles. The van der Waals surface area contributed by atoms with Crippen LogP contribution in [0.3, 0.4) is 0 Å². The van der Waals surface area contributed by atoms with E-state index in [0.717, 1.165) is 25.2 Å². The maximum atomic E-state index is 12.0. The molecule has 6 rings (SSSR count). The number of rotatable bonds is 1. The molecule has 5 heteroatoms. The molecule has 210 valence electrons. The van der Waals surface area contributed by atoms with E-state index in [-0.39, 0.29) is 35.1 Å². The number of hydrogen-bond donors (Lipinski definition) is 0. The summed E-state index contributed by atoms with van der Waals surface area (Å²) in [6, 6.07) is 0. The van der Waals surface area contributed by atoms with E-state index >= 15 is 0 Å². The summed E-state index contributed by atoms with van der Waals surface area (Å²) in [7, 11) is 0. The van der Waals surface area contributed by atoms with Gasteiger partial charge in [0.05, 0.1) is 5.41 Å². The molecule has 6 fully saturated rings. The Morgan fingerprint density at radius 2 is 1.43 bits per heavy atom. The van der Waals surface area contributed by atoms with Gasteiger partial charge in [-0.05, 0) is 96.7 Å². The average Bonchev–Trinajstić information content (AvgIpc) is 3.18. The summed E-state index contributed by atoms with van der Waals surface area (Å²) in [5.74, 6) is 0.352. The maximum Gasteiger partial charge on any atom is 0.302 e. The first-order chi connectivity index (χ1) is 17.0.